The van der Waals surface area contributed by atoms with E-state index < -0.39 is 6.04 Å². The molecule has 0 aliphatic carbocycles. The van der Waals surface area contributed by atoms with E-state index in [4.69, 9.17) is 9.47 Å². The Kier molecular flexibility index (Phi) is 5.42. The highest BCUT2D eigenvalue weighted by molar-refractivity contribution is 5.96. The summed E-state index contributed by atoms with van der Waals surface area (Å²) in [5.74, 6) is 0.807. The Labute approximate surface area is 168 Å². The van der Waals surface area contributed by atoms with Crippen molar-refractivity contribution in [2.24, 2.45) is 0 Å². The second kappa shape index (κ2) is 8.48. The standard InChI is InChI=1S/C23H20N2O4/c26-22(24-18-11-12-20-21(13-18)29-15-28-20)14-19(16-7-3-1-4-8-16)25-23(27)17-9-5-2-6-10-17/h1-13,19H,14-15H2,(H,24,26)(H,25,27)/t19-/m1/s1. The van der Waals surface area contributed by atoms with Crippen LogP contribution in [0.4, 0.5) is 5.69 Å². The summed E-state index contributed by atoms with van der Waals surface area (Å²) in [5.41, 5.74) is 2.02. The van der Waals surface area contributed by atoms with E-state index in [1.54, 1.807) is 42.5 Å². The average Bonchev–Trinajstić information content (AvgIpc) is 3.22. The van der Waals surface area contributed by atoms with Crippen LogP contribution in [0.3, 0.4) is 0 Å². The third-order valence-electron chi connectivity index (χ3n) is 4.59. The molecule has 2 N–H and O–H groups in total. The van der Waals surface area contributed by atoms with Crippen molar-refractivity contribution in [2.45, 2.75) is 12.5 Å². The number of fused-ring (bicyclic) bond motifs is 1. The maximum absolute atomic E-state index is 12.7. The van der Waals surface area contributed by atoms with Gasteiger partial charge >= 0.3 is 0 Å². The molecule has 0 radical (unpaired) electrons. The molecule has 0 bridgehead atoms. The van der Waals surface area contributed by atoms with Gasteiger partial charge < -0.3 is 20.1 Å². The van der Waals surface area contributed by atoms with Gasteiger partial charge in [0.2, 0.25) is 12.7 Å². The molecule has 0 saturated heterocycles. The van der Waals surface area contributed by atoms with Crippen molar-refractivity contribution in [2.75, 3.05) is 12.1 Å². The van der Waals surface area contributed by atoms with E-state index in [-0.39, 0.29) is 25.0 Å². The zero-order valence-corrected chi connectivity index (χ0v) is 15.6. The van der Waals surface area contributed by atoms with Crippen LogP contribution in [0.1, 0.15) is 28.4 Å². The highest BCUT2D eigenvalue weighted by atomic mass is 16.7. The van der Waals surface area contributed by atoms with Crippen LogP contribution in [-0.4, -0.2) is 18.6 Å². The summed E-state index contributed by atoms with van der Waals surface area (Å²) in [4.78, 5) is 25.3. The largest absolute Gasteiger partial charge is 0.454 e. The van der Waals surface area contributed by atoms with Gasteiger partial charge in [0, 0.05) is 17.3 Å². The van der Waals surface area contributed by atoms with E-state index in [0.29, 0.717) is 22.7 Å². The van der Waals surface area contributed by atoms with Crippen LogP contribution in [0, 0.1) is 0 Å². The lowest BCUT2D eigenvalue weighted by Crippen LogP contribution is -2.31. The third kappa shape index (κ3) is 4.55. The maximum Gasteiger partial charge on any atom is 0.251 e. The Balaban J connectivity index is 1.47. The van der Waals surface area contributed by atoms with Crippen molar-refractivity contribution < 1.29 is 19.1 Å². The van der Waals surface area contributed by atoms with E-state index in [2.05, 4.69) is 10.6 Å². The Bertz CT molecular complexity index is 1010. The number of benzene rings is 3. The lowest BCUT2D eigenvalue weighted by atomic mass is 10.0. The molecule has 0 saturated carbocycles. The molecule has 3 aromatic carbocycles. The van der Waals surface area contributed by atoms with Crippen LogP contribution in [0.5, 0.6) is 11.5 Å². The Morgan fingerprint density at radius 1 is 0.862 bits per heavy atom. The van der Waals surface area contributed by atoms with Gasteiger partial charge in [-0.05, 0) is 29.8 Å². The first-order chi connectivity index (χ1) is 14.2. The molecular weight excluding hydrogens is 368 g/mol. The number of ether oxygens (including phenoxy) is 2. The molecule has 0 aromatic heterocycles. The van der Waals surface area contributed by atoms with Gasteiger partial charge in [0.1, 0.15) is 0 Å². The van der Waals surface area contributed by atoms with Gasteiger partial charge in [0.25, 0.3) is 5.91 Å². The van der Waals surface area contributed by atoms with Crippen LogP contribution in [0.25, 0.3) is 0 Å². The predicted molar refractivity (Wildman–Crippen MR) is 109 cm³/mol. The van der Waals surface area contributed by atoms with E-state index in [0.717, 1.165) is 5.56 Å². The molecule has 1 aliphatic rings. The zero-order valence-electron chi connectivity index (χ0n) is 15.6. The topological polar surface area (TPSA) is 76.7 Å². The van der Waals surface area contributed by atoms with E-state index >= 15 is 0 Å². The number of amides is 2. The highest BCUT2D eigenvalue weighted by Gasteiger charge is 2.20. The fraction of sp³-hybridized carbons (Fsp3) is 0.130. The second-order valence-corrected chi connectivity index (χ2v) is 6.62. The smallest absolute Gasteiger partial charge is 0.251 e. The van der Waals surface area contributed by atoms with Crippen LogP contribution in [0.15, 0.2) is 78.9 Å². The van der Waals surface area contributed by atoms with Crippen LogP contribution < -0.4 is 20.1 Å². The van der Waals surface area contributed by atoms with Crippen molar-refractivity contribution in [3.63, 3.8) is 0 Å². The van der Waals surface area contributed by atoms with Gasteiger partial charge in [-0.3, -0.25) is 9.59 Å². The van der Waals surface area contributed by atoms with Crippen molar-refractivity contribution in [3.8, 4) is 11.5 Å². The average molecular weight is 388 g/mol. The number of anilines is 1. The molecule has 2 amide bonds. The van der Waals surface area contributed by atoms with Crippen LogP contribution in [-0.2, 0) is 4.79 Å². The molecule has 6 heteroatoms. The van der Waals surface area contributed by atoms with E-state index in [1.165, 1.54) is 0 Å². The molecule has 1 aliphatic heterocycles. The Morgan fingerprint density at radius 2 is 1.55 bits per heavy atom. The monoisotopic (exact) mass is 388 g/mol. The lowest BCUT2D eigenvalue weighted by Gasteiger charge is -2.19. The highest BCUT2D eigenvalue weighted by Crippen LogP contribution is 2.34. The minimum atomic E-state index is -0.460. The SMILES string of the molecule is O=C(C[C@@H](NC(=O)c1ccccc1)c1ccccc1)Nc1ccc2c(c1)OCO2. The fourth-order valence-corrected chi connectivity index (χ4v) is 3.14. The van der Waals surface area contributed by atoms with Gasteiger partial charge in [-0.25, -0.2) is 0 Å². The molecule has 1 atom stereocenters. The van der Waals surface area contributed by atoms with Crippen molar-refractivity contribution in [3.05, 3.63) is 90.0 Å². The molecule has 0 fully saturated rings. The summed E-state index contributed by atoms with van der Waals surface area (Å²) in [5, 5.41) is 5.82. The maximum atomic E-state index is 12.7. The first-order valence-corrected chi connectivity index (χ1v) is 9.29. The molecule has 29 heavy (non-hydrogen) atoms. The Hall–Kier alpha value is -3.80. The summed E-state index contributed by atoms with van der Waals surface area (Å²) in [6.45, 7) is 0.175. The molecular formula is C23H20N2O4. The normalized spacial score (nSPS) is 12.8. The Morgan fingerprint density at radius 3 is 2.31 bits per heavy atom. The quantitative estimate of drug-likeness (QED) is 0.671. The van der Waals surface area contributed by atoms with E-state index in [9.17, 15) is 9.59 Å². The van der Waals surface area contributed by atoms with Gasteiger partial charge in [-0.2, -0.15) is 0 Å². The molecule has 0 spiro atoms. The zero-order chi connectivity index (χ0) is 20.1. The number of carbonyl (C=O) groups excluding carboxylic acids is 2. The predicted octanol–water partition coefficient (Wildman–Crippen LogP) is 3.92. The minimum Gasteiger partial charge on any atom is -0.454 e. The van der Waals surface area contributed by atoms with Gasteiger partial charge in [-0.1, -0.05) is 48.5 Å². The molecule has 146 valence electrons. The summed E-state index contributed by atoms with van der Waals surface area (Å²) in [7, 11) is 0. The van der Waals surface area contributed by atoms with Crippen molar-refractivity contribution >= 4 is 17.5 Å². The summed E-state index contributed by atoms with van der Waals surface area (Å²) in [6, 6.07) is 23.2. The van der Waals surface area contributed by atoms with Crippen LogP contribution in [0.2, 0.25) is 0 Å². The molecule has 1 heterocycles. The second-order valence-electron chi connectivity index (χ2n) is 6.62. The summed E-state index contributed by atoms with van der Waals surface area (Å²) >= 11 is 0. The molecule has 6 nitrogen and oxygen atoms in total. The van der Waals surface area contributed by atoms with Crippen molar-refractivity contribution in [1.29, 1.82) is 0 Å². The number of nitrogens with one attached hydrogen (secondary N) is 2. The molecule has 4 rings (SSSR count). The number of hydrogen-bond donors (Lipinski definition) is 2. The molecule has 0 unspecified atom stereocenters. The third-order valence-corrected chi connectivity index (χ3v) is 4.59. The number of hydrogen-bond acceptors (Lipinski definition) is 4. The minimum absolute atomic E-state index is 0.0943. The van der Waals surface area contributed by atoms with Crippen LogP contribution >= 0.6 is 0 Å². The first-order valence-electron chi connectivity index (χ1n) is 9.29. The van der Waals surface area contributed by atoms with Gasteiger partial charge in [0.15, 0.2) is 11.5 Å². The summed E-state index contributed by atoms with van der Waals surface area (Å²) in [6.07, 6.45) is 0.0943. The van der Waals surface area contributed by atoms with Gasteiger partial charge in [-0.15, -0.1) is 0 Å². The molecule has 3 aromatic rings. The number of rotatable bonds is 6. The van der Waals surface area contributed by atoms with Gasteiger partial charge in [0.05, 0.1) is 12.5 Å². The first kappa shape index (κ1) is 18.6. The number of carbonyl (C=O) groups is 2. The lowest BCUT2D eigenvalue weighted by molar-refractivity contribution is -0.116. The fourth-order valence-electron chi connectivity index (χ4n) is 3.14. The summed E-state index contributed by atoms with van der Waals surface area (Å²) < 4.78 is 10.6. The van der Waals surface area contributed by atoms with Crippen molar-refractivity contribution in [1.82, 2.24) is 5.32 Å². The van der Waals surface area contributed by atoms with E-state index in [1.807, 2.05) is 36.4 Å².